The molecule has 2 rings (SSSR count). The molecule has 24 heavy (non-hydrogen) atoms. The first kappa shape index (κ1) is 20.5. The number of ether oxygens (including phenoxy) is 2. The van der Waals surface area contributed by atoms with E-state index in [4.69, 9.17) is 9.47 Å². The molecule has 0 bridgehead atoms. The highest BCUT2D eigenvalue weighted by Crippen LogP contribution is 2.12. The number of hydrogen-bond donors (Lipinski definition) is 2. The van der Waals surface area contributed by atoms with E-state index in [0.717, 1.165) is 24.3 Å². The first-order valence-electron chi connectivity index (χ1n) is 7.91. The Balaban J connectivity index is 0.00000288. The predicted octanol–water partition coefficient (Wildman–Crippen LogP) is 2.83. The van der Waals surface area contributed by atoms with Gasteiger partial charge in [0.15, 0.2) is 0 Å². The van der Waals surface area contributed by atoms with Crippen molar-refractivity contribution in [3.8, 4) is 5.75 Å². The molecule has 0 amide bonds. The normalized spacial score (nSPS) is 11.6. The van der Waals surface area contributed by atoms with E-state index in [-0.39, 0.29) is 19.0 Å². The highest BCUT2D eigenvalue weighted by atomic mass is 35.5. The number of benzene rings is 2. The van der Waals surface area contributed by atoms with Crippen LogP contribution >= 0.6 is 12.4 Å². The molecule has 2 N–H and O–H groups in total. The van der Waals surface area contributed by atoms with Crippen molar-refractivity contribution in [1.82, 2.24) is 5.32 Å². The van der Waals surface area contributed by atoms with Crippen LogP contribution in [0.4, 0.5) is 0 Å². The van der Waals surface area contributed by atoms with Crippen LogP contribution in [0.25, 0.3) is 0 Å². The van der Waals surface area contributed by atoms with Crippen molar-refractivity contribution in [2.45, 2.75) is 19.1 Å². The third-order valence-electron chi connectivity index (χ3n) is 3.49. The number of nitrogens with one attached hydrogen (secondary N) is 1. The van der Waals surface area contributed by atoms with Gasteiger partial charge in [-0.2, -0.15) is 0 Å². The zero-order valence-corrected chi connectivity index (χ0v) is 14.8. The smallest absolute Gasteiger partial charge is 0.119 e. The lowest BCUT2D eigenvalue weighted by Gasteiger charge is -2.13. The molecule has 5 heteroatoms. The second-order valence-corrected chi connectivity index (χ2v) is 5.48. The lowest BCUT2D eigenvalue weighted by Crippen LogP contribution is -2.32. The quantitative estimate of drug-likeness (QED) is 0.646. The lowest BCUT2D eigenvalue weighted by atomic mass is 10.1. The summed E-state index contributed by atoms with van der Waals surface area (Å²) in [5.41, 5.74) is 2.39. The number of rotatable bonds is 10. The molecule has 0 spiro atoms. The van der Waals surface area contributed by atoms with Crippen molar-refractivity contribution < 1.29 is 14.6 Å². The zero-order chi connectivity index (χ0) is 16.3. The third-order valence-corrected chi connectivity index (χ3v) is 3.49. The molecule has 0 saturated carbocycles. The largest absolute Gasteiger partial charge is 0.491 e. The summed E-state index contributed by atoms with van der Waals surface area (Å²) < 4.78 is 10.6. The monoisotopic (exact) mass is 351 g/mol. The van der Waals surface area contributed by atoms with Crippen LogP contribution in [0.2, 0.25) is 0 Å². The fraction of sp³-hybridized carbons (Fsp3) is 0.368. The van der Waals surface area contributed by atoms with Crippen LogP contribution in [0.3, 0.4) is 0 Å². The van der Waals surface area contributed by atoms with Crippen molar-refractivity contribution in [1.29, 1.82) is 0 Å². The van der Waals surface area contributed by atoms with Crippen LogP contribution in [-0.2, 0) is 17.8 Å². The van der Waals surface area contributed by atoms with Crippen LogP contribution in [-0.4, -0.2) is 38.0 Å². The Kier molecular flexibility index (Phi) is 10.1. The summed E-state index contributed by atoms with van der Waals surface area (Å²) >= 11 is 0. The summed E-state index contributed by atoms with van der Waals surface area (Å²) in [5.74, 6) is 0.758. The molecule has 0 aromatic heterocycles. The molecule has 1 unspecified atom stereocenters. The summed E-state index contributed by atoms with van der Waals surface area (Å²) in [7, 11) is 1.67. The van der Waals surface area contributed by atoms with Crippen molar-refractivity contribution in [2.75, 3.05) is 26.8 Å². The van der Waals surface area contributed by atoms with Gasteiger partial charge in [0.25, 0.3) is 0 Å². The van der Waals surface area contributed by atoms with Crippen LogP contribution in [0.5, 0.6) is 5.75 Å². The highest BCUT2D eigenvalue weighted by molar-refractivity contribution is 5.85. The minimum absolute atomic E-state index is 0. The van der Waals surface area contributed by atoms with E-state index in [9.17, 15) is 5.11 Å². The summed E-state index contributed by atoms with van der Waals surface area (Å²) in [6, 6.07) is 18.0. The first-order valence-corrected chi connectivity index (χ1v) is 7.91. The lowest BCUT2D eigenvalue weighted by molar-refractivity contribution is 0.106. The van der Waals surface area contributed by atoms with Gasteiger partial charge in [0, 0.05) is 13.7 Å². The maximum absolute atomic E-state index is 9.94. The van der Waals surface area contributed by atoms with Crippen molar-refractivity contribution in [2.24, 2.45) is 0 Å². The van der Waals surface area contributed by atoms with Crippen LogP contribution in [0.15, 0.2) is 54.6 Å². The molecule has 0 saturated heterocycles. The van der Waals surface area contributed by atoms with Gasteiger partial charge < -0.3 is 19.9 Å². The number of hydrogen-bond acceptors (Lipinski definition) is 4. The van der Waals surface area contributed by atoms with E-state index in [1.807, 2.05) is 42.5 Å². The predicted molar refractivity (Wildman–Crippen MR) is 98.9 cm³/mol. The number of methoxy groups -OCH3 is 1. The van der Waals surface area contributed by atoms with Gasteiger partial charge in [0.1, 0.15) is 18.5 Å². The molecule has 2 aromatic carbocycles. The Morgan fingerprint density at radius 3 is 2.38 bits per heavy atom. The first-order chi connectivity index (χ1) is 11.3. The van der Waals surface area contributed by atoms with Gasteiger partial charge in [-0.25, -0.2) is 0 Å². The average molecular weight is 352 g/mol. The van der Waals surface area contributed by atoms with Crippen LogP contribution in [0, 0.1) is 0 Å². The molecule has 2 aromatic rings. The summed E-state index contributed by atoms with van der Waals surface area (Å²) in [5, 5.41) is 13.2. The Morgan fingerprint density at radius 2 is 1.71 bits per heavy atom. The fourth-order valence-electron chi connectivity index (χ4n) is 2.25. The van der Waals surface area contributed by atoms with Gasteiger partial charge in [-0.15, -0.1) is 12.4 Å². The van der Waals surface area contributed by atoms with Crippen molar-refractivity contribution in [3.05, 3.63) is 65.7 Å². The molecular formula is C19H26ClNO3. The van der Waals surface area contributed by atoms with E-state index < -0.39 is 6.10 Å². The van der Waals surface area contributed by atoms with Gasteiger partial charge in [0.05, 0.1) is 6.61 Å². The second kappa shape index (κ2) is 11.9. The van der Waals surface area contributed by atoms with Crippen molar-refractivity contribution in [3.63, 3.8) is 0 Å². The maximum atomic E-state index is 9.94. The SMILES string of the molecule is COCc1ccc(OCC(O)CNCCc2ccccc2)cc1.Cl. The standard InChI is InChI=1S/C19H25NO3.ClH/c1-22-14-17-7-9-19(10-8-17)23-15-18(21)13-20-12-11-16-5-3-2-4-6-16;/h2-10,18,20-21H,11-15H2,1H3;1H. The van der Waals surface area contributed by atoms with E-state index in [1.165, 1.54) is 5.56 Å². The van der Waals surface area contributed by atoms with E-state index in [0.29, 0.717) is 13.2 Å². The molecule has 0 aliphatic heterocycles. The van der Waals surface area contributed by atoms with E-state index in [1.54, 1.807) is 7.11 Å². The topological polar surface area (TPSA) is 50.7 Å². The molecule has 0 aliphatic carbocycles. The maximum Gasteiger partial charge on any atom is 0.119 e. The average Bonchev–Trinajstić information content (AvgIpc) is 2.59. The van der Waals surface area contributed by atoms with Crippen LogP contribution in [0.1, 0.15) is 11.1 Å². The molecular weight excluding hydrogens is 326 g/mol. The van der Waals surface area contributed by atoms with Crippen molar-refractivity contribution >= 4 is 12.4 Å². The minimum atomic E-state index is -0.524. The Labute approximate surface area is 150 Å². The summed E-state index contributed by atoms with van der Waals surface area (Å²) in [4.78, 5) is 0. The number of aliphatic hydroxyl groups is 1. The molecule has 0 fully saturated rings. The molecule has 0 heterocycles. The van der Waals surface area contributed by atoms with Crippen LogP contribution < -0.4 is 10.1 Å². The Hall–Kier alpha value is -1.59. The number of halogens is 1. The molecule has 1 atom stereocenters. The van der Waals surface area contributed by atoms with Gasteiger partial charge >= 0.3 is 0 Å². The number of aliphatic hydroxyl groups excluding tert-OH is 1. The second-order valence-electron chi connectivity index (χ2n) is 5.48. The van der Waals surface area contributed by atoms with Gasteiger partial charge in [-0.1, -0.05) is 42.5 Å². The molecule has 0 radical (unpaired) electrons. The fourth-order valence-corrected chi connectivity index (χ4v) is 2.25. The summed E-state index contributed by atoms with van der Waals surface area (Å²) in [6.45, 7) is 2.23. The van der Waals surface area contributed by atoms with E-state index >= 15 is 0 Å². The zero-order valence-electron chi connectivity index (χ0n) is 14.0. The van der Waals surface area contributed by atoms with Gasteiger partial charge in [0.2, 0.25) is 0 Å². The molecule has 4 nitrogen and oxygen atoms in total. The highest BCUT2D eigenvalue weighted by Gasteiger charge is 2.05. The van der Waals surface area contributed by atoms with Gasteiger partial charge in [-0.3, -0.25) is 0 Å². The molecule has 132 valence electrons. The van der Waals surface area contributed by atoms with Gasteiger partial charge in [-0.05, 0) is 36.2 Å². The Bertz CT molecular complexity index is 548. The Morgan fingerprint density at radius 1 is 1.00 bits per heavy atom. The third kappa shape index (κ3) is 7.79. The minimum Gasteiger partial charge on any atom is -0.491 e. The summed E-state index contributed by atoms with van der Waals surface area (Å²) in [6.07, 6.45) is 0.430. The van der Waals surface area contributed by atoms with E-state index in [2.05, 4.69) is 17.4 Å². The molecule has 0 aliphatic rings.